The van der Waals surface area contributed by atoms with Crippen molar-refractivity contribution in [3.63, 3.8) is 0 Å². The molecule has 4 rings (SSSR count). The van der Waals surface area contributed by atoms with Crippen molar-refractivity contribution in [3.8, 4) is 0 Å². The summed E-state index contributed by atoms with van der Waals surface area (Å²) in [5.74, 6) is 1.26. The zero-order valence-corrected chi connectivity index (χ0v) is 11.2. The second-order valence-corrected chi connectivity index (χ2v) is 7.02. The zero-order chi connectivity index (χ0) is 13.1. The minimum atomic E-state index is -0.467. The van der Waals surface area contributed by atoms with E-state index >= 15 is 0 Å². The lowest BCUT2D eigenvalue weighted by molar-refractivity contribution is -0.137. The molecule has 0 heterocycles. The van der Waals surface area contributed by atoms with Crippen LogP contribution in [0.5, 0.6) is 0 Å². The molecule has 100 valence electrons. The van der Waals surface area contributed by atoms with Gasteiger partial charge in [-0.25, -0.2) is 0 Å². The molecule has 0 radical (unpaired) electrons. The van der Waals surface area contributed by atoms with E-state index in [-0.39, 0.29) is 23.8 Å². The molecule has 1 spiro atoms. The number of amides is 2. The summed E-state index contributed by atoms with van der Waals surface area (Å²) in [6.45, 7) is 4.68. The van der Waals surface area contributed by atoms with Gasteiger partial charge < -0.3 is 11.1 Å². The van der Waals surface area contributed by atoms with Gasteiger partial charge in [-0.15, -0.1) is 0 Å². The van der Waals surface area contributed by atoms with Crippen LogP contribution in [0.4, 0.5) is 0 Å². The van der Waals surface area contributed by atoms with Gasteiger partial charge in [-0.05, 0) is 48.3 Å². The largest absolute Gasteiger partial charge is 0.368 e. The van der Waals surface area contributed by atoms with E-state index in [9.17, 15) is 9.59 Å². The van der Waals surface area contributed by atoms with Crippen molar-refractivity contribution in [1.82, 2.24) is 5.32 Å². The average Bonchev–Trinajstić information content (AvgIpc) is 2.99. The van der Waals surface area contributed by atoms with Crippen LogP contribution >= 0.6 is 0 Å². The van der Waals surface area contributed by atoms with E-state index in [1.807, 2.05) is 0 Å². The van der Waals surface area contributed by atoms with E-state index in [0.717, 1.165) is 12.3 Å². The monoisotopic (exact) mass is 250 g/mol. The molecular formula is C14H22N2O2. The van der Waals surface area contributed by atoms with Crippen molar-refractivity contribution in [2.75, 3.05) is 6.54 Å². The Morgan fingerprint density at radius 2 is 2.11 bits per heavy atom. The highest BCUT2D eigenvalue weighted by molar-refractivity contribution is 5.87. The van der Waals surface area contributed by atoms with Crippen molar-refractivity contribution >= 4 is 11.8 Å². The fourth-order valence-corrected chi connectivity index (χ4v) is 4.73. The summed E-state index contributed by atoms with van der Waals surface area (Å²) < 4.78 is 0. The van der Waals surface area contributed by atoms with Crippen LogP contribution < -0.4 is 11.1 Å². The Morgan fingerprint density at radius 1 is 1.39 bits per heavy atom. The molecule has 3 N–H and O–H groups in total. The third-order valence-electron chi connectivity index (χ3n) is 5.99. The molecule has 0 aromatic heterocycles. The van der Waals surface area contributed by atoms with Crippen LogP contribution in [0.3, 0.4) is 0 Å². The summed E-state index contributed by atoms with van der Waals surface area (Å²) in [6, 6.07) is 0. The Morgan fingerprint density at radius 3 is 2.67 bits per heavy atom. The number of hydrogen-bond donors (Lipinski definition) is 2. The molecule has 4 saturated carbocycles. The Labute approximate surface area is 108 Å². The molecular weight excluding hydrogens is 228 g/mol. The van der Waals surface area contributed by atoms with E-state index in [4.69, 9.17) is 5.73 Å². The molecule has 4 fully saturated rings. The zero-order valence-electron chi connectivity index (χ0n) is 11.2. The Hall–Kier alpha value is -1.06. The molecule has 4 aliphatic carbocycles. The van der Waals surface area contributed by atoms with E-state index in [1.165, 1.54) is 19.3 Å². The van der Waals surface area contributed by atoms with Gasteiger partial charge in [-0.1, -0.05) is 13.8 Å². The fourth-order valence-electron chi connectivity index (χ4n) is 4.73. The third kappa shape index (κ3) is 1.44. The SMILES string of the molecule is CC1(C)C2CCC3(CC3C(=O)NCC(N)=O)C1C2. The van der Waals surface area contributed by atoms with Gasteiger partial charge in [0.05, 0.1) is 6.54 Å². The van der Waals surface area contributed by atoms with Gasteiger partial charge in [0.15, 0.2) is 0 Å². The number of carbonyl (C=O) groups excluding carboxylic acids is 2. The van der Waals surface area contributed by atoms with Crippen LogP contribution in [-0.4, -0.2) is 18.4 Å². The van der Waals surface area contributed by atoms with Crippen LogP contribution in [0.25, 0.3) is 0 Å². The Balaban J connectivity index is 1.66. The van der Waals surface area contributed by atoms with Gasteiger partial charge in [0.25, 0.3) is 0 Å². The van der Waals surface area contributed by atoms with Gasteiger partial charge in [0.1, 0.15) is 0 Å². The number of nitrogens with two attached hydrogens (primary N) is 1. The lowest BCUT2D eigenvalue weighted by Gasteiger charge is -2.61. The molecule has 4 aliphatic rings. The lowest BCUT2D eigenvalue weighted by Crippen LogP contribution is -2.54. The summed E-state index contributed by atoms with van der Waals surface area (Å²) >= 11 is 0. The highest BCUT2D eigenvalue weighted by atomic mass is 16.2. The summed E-state index contributed by atoms with van der Waals surface area (Å²) in [4.78, 5) is 22.7. The van der Waals surface area contributed by atoms with Crippen LogP contribution in [0.15, 0.2) is 0 Å². The average molecular weight is 250 g/mol. The van der Waals surface area contributed by atoms with E-state index in [0.29, 0.717) is 11.3 Å². The summed E-state index contributed by atoms with van der Waals surface area (Å²) in [6.07, 6.45) is 4.77. The molecule has 0 saturated heterocycles. The van der Waals surface area contributed by atoms with Crippen molar-refractivity contribution in [2.45, 2.75) is 39.5 Å². The first-order chi connectivity index (χ1) is 8.38. The Kier molecular flexibility index (Phi) is 2.32. The second-order valence-electron chi connectivity index (χ2n) is 7.02. The van der Waals surface area contributed by atoms with Gasteiger partial charge in [-0.2, -0.15) is 0 Å². The molecule has 18 heavy (non-hydrogen) atoms. The maximum Gasteiger partial charge on any atom is 0.236 e. The number of nitrogens with one attached hydrogen (secondary N) is 1. The number of fused-ring (bicyclic) bond motifs is 1. The first kappa shape index (κ1) is 12.0. The number of hydrogen-bond acceptors (Lipinski definition) is 2. The van der Waals surface area contributed by atoms with E-state index < -0.39 is 5.91 Å². The molecule has 2 amide bonds. The van der Waals surface area contributed by atoms with Crippen molar-refractivity contribution < 1.29 is 9.59 Å². The molecule has 4 atom stereocenters. The summed E-state index contributed by atoms with van der Waals surface area (Å²) in [7, 11) is 0. The number of rotatable bonds is 3. The normalized spacial score (nSPS) is 43.1. The third-order valence-corrected chi connectivity index (χ3v) is 5.99. The van der Waals surface area contributed by atoms with Crippen LogP contribution in [0.2, 0.25) is 0 Å². The highest BCUT2D eigenvalue weighted by Gasteiger charge is 2.71. The molecule has 0 aromatic rings. The van der Waals surface area contributed by atoms with Crippen molar-refractivity contribution in [1.29, 1.82) is 0 Å². The first-order valence-corrected chi connectivity index (χ1v) is 6.94. The molecule has 0 aliphatic heterocycles. The van der Waals surface area contributed by atoms with E-state index in [1.54, 1.807) is 0 Å². The minimum Gasteiger partial charge on any atom is -0.368 e. The lowest BCUT2D eigenvalue weighted by atomic mass is 9.44. The smallest absolute Gasteiger partial charge is 0.236 e. The predicted molar refractivity (Wildman–Crippen MR) is 67.4 cm³/mol. The van der Waals surface area contributed by atoms with Gasteiger partial charge in [0, 0.05) is 5.92 Å². The van der Waals surface area contributed by atoms with Crippen molar-refractivity contribution in [2.24, 2.45) is 34.3 Å². The summed E-state index contributed by atoms with van der Waals surface area (Å²) in [5, 5.41) is 2.67. The molecule has 4 unspecified atom stereocenters. The number of primary amides is 1. The van der Waals surface area contributed by atoms with E-state index in [2.05, 4.69) is 19.2 Å². The van der Waals surface area contributed by atoms with Crippen LogP contribution in [0, 0.1) is 28.6 Å². The van der Waals surface area contributed by atoms with Crippen LogP contribution in [-0.2, 0) is 9.59 Å². The molecule has 2 bridgehead atoms. The quantitative estimate of drug-likeness (QED) is 0.786. The summed E-state index contributed by atoms with van der Waals surface area (Å²) in [5.41, 5.74) is 5.72. The second kappa shape index (κ2) is 3.49. The number of carbonyl (C=O) groups is 2. The highest BCUT2D eigenvalue weighted by Crippen LogP contribution is 2.76. The topological polar surface area (TPSA) is 72.2 Å². The molecule has 0 aromatic carbocycles. The van der Waals surface area contributed by atoms with Gasteiger partial charge >= 0.3 is 0 Å². The fraction of sp³-hybridized carbons (Fsp3) is 0.857. The van der Waals surface area contributed by atoms with Crippen LogP contribution in [0.1, 0.15) is 39.5 Å². The molecule has 4 nitrogen and oxygen atoms in total. The Bertz CT molecular complexity index is 416. The van der Waals surface area contributed by atoms with Gasteiger partial charge in [-0.3, -0.25) is 9.59 Å². The predicted octanol–water partition coefficient (Wildman–Crippen LogP) is 1.05. The first-order valence-electron chi connectivity index (χ1n) is 6.94. The minimum absolute atomic E-state index is 0.0257. The maximum atomic E-state index is 12.0. The van der Waals surface area contributed by atoms with Crippen molar-refractivity contribution in [3.05, 3.63) is 0 Å². The standard InChI is InChI=1S/C14H22N2O2/c1-13(2)8-3-4-14(10(13)5-8)6-9(14)12(18)16-7-11(15)17/h8-10H,3-7H2,1-2H3,(H2,15,17)(H,16,18). The van der Waals surface area contributed by atoms with Gasteiger partial charge in [0.2, 0.25) is 11.8 Å². The maximum absolute atomic E-state index is 12.0. The molecule has 4 heteroatoms.